The van der Waals surface area contributed by atoms with Crippen molar-refractivity contribution in [2.45, 2.75) is 71.1 Å². The third kappa shape index (κ3) is 5.44. The predicted octanol–water partition coefficient (Wildman–Crippen LogP) is 4.94. The summed E-state index contributed by atoms with van der Waals surface area (Å²) in [5, 5.41) is 9.22. The standard InChI is InChI=1S/C25H37NO4/c1-24(2,3)30-23(28)26-18-21(13-17-29-19-20-10-5-4-6-11-20)25(14-9-15-25)22(26)12-7-8-16-27/h4-6,9-11,14,21-22,27H,7-8,12-13,15-19H2,1-3H3/t21-,22+,25+/m0/s1. The first-order valence-electron chi connectivity index (χ1n) is 11.3. The van der Waals surface area contributed by atoms with E-state index in [4.69, 9.17) is 9.47 Å². The number of carbonyl (C=O) groups is 1. The fraction of sp³-hybridized carbons (Fsp3) is 0.640. The Labute approximate surface area is 181 Å². The molecule has 1 aliphatic heterocycles. The lowest BCUT2D eigenvalue weighted by molar-refractivity contribution is 0.0164. The topological polar surface area (TPSA) is 59.0 Å². The van der Waals surface area contributed by atoms with Gasteiger partial charge < -0.3 is 19.5 Å². The van der Waals surface area contributed by atoms with Crippen LogP contribution in [-0.2, 0) is 16.1 Å². The summed E-state index contributed by atoms with van der Waals surface area (Å²) < 4.78 is 11.7. The molecule has 0 unspecified atom stereocenters. The molecule has 5 heteroatoms. The first-order chi connectivity index (χ1) is 14.4. The molecular formula is C25H37NO4. The molecule has 30 heavy (non-hydrogen) atoms. The molecule has 1 spiro atoms. The molecule has 3 atom stereocenters. The van der Waals surface area contributed by atoms with E-state index < -0.39 is 5.60 Å². The highest BCUT2D eigenvalue weighted by Crippen LogP contribution is 2.53. The Morgan fingerprint density at radius 2 is 1.93 bits per heavy atom. The number of aliphatic hydroxyl groups excluding tert-OH is 1. The van der Waals surface area contributed by atoms with Gasteiger partial charge in [0.05, 0.1) is 6.61 Å². The average Bonchev–Trinajstić information content (AvgIpc) is 3.00. The number of allylic oxidation sites excluding steroid dienone is 1. The summed E-state index contributed by atoms with van der Waals surface area (Å²) in [5.74, 6) is 0.366. The van der Waals surface area contributed by atoms with Gasteiger partial charge in [0.2, 0.25) is 0 Å². The molecule has 166 valence electrons. The highest BCUT2D eigenvalue weighted by molar-refractivity contribution is 5.69. The highest BCUT2D eigenvalue weighted by atomic mass is 16.6. The Hall–Kier alpha value is -1.85. The molecule has 1 aliphatic carbocycles. The van der Waals surface area contributed by atoms with Gasteiger partial charge in [0.25, 0.3) is 0 Å². The largest absolute Gasteiger partial charge is 0.444 e. The maximum Gasteiger partial charge on any atom is 0.410 e. The number of likely N-dealkylation sites (tertiary alicyclic amines) is 1. The SMILES string of the molecule is CC(C)(C)OC(=O)N1C[C@H](CCOCc2ccccc2)[C@]2(C=CC2)[C@H]1CCCCO. The van der Waals surface area contributed by atoms with Crippen LogP contribution in [0.1, 0.15) is 58.4 Å². The van der Waals surface area contributed by atoms with E-state index in [9.17, 15) is 9.90 Å². The van der Waals surface area contributed by atoms with Crippen LogP contribution in [0.4, 0.5) is 4.79 Å². The first kappa shape index (κ1) is 22.8. The van der Waals surface area contributed by atoms with E-state index in [1.165, 1.54) is 5.56 Å². The second kappa shape index (κ2) is 9.97. The van der Waals surface area contributed by atoms with E-state index in [-0.39, 0.29) is 24.2 Å². The lowest BCUT2D eigenvalue weighted by Crippen LogP contribution is -2.46. The third-order valence-corrected chi connectivity index (χ3v) is 6.31. The predicted molar refractivity (Wildman–Crippen MR) is 118 cm³/mol. The summed E-state index contributed by atoms with van der Waals surface area (Å²) in [4.78, 5) is 14.9. The molecular weight excluding hydrogens is 378 g/mol. The fourth-order valence-corrected chi connectivity index (χ4v) is 4.78. The van der Waals surface area contributed by atoms with Gasteiger partial charge in [0, 0.05) is 31.2 Å². The molecule has 2 aliphatic rings. The van der Waals surface area contributed by atoms with E-state index in [1.54, 1.807) is 0 Å². The van der Waals surface area contributed by atoms with Crippen molar-refractivity contribution < 1.29 is 19.4 Å². The third-order valence-electron chi connectivity index (χ3n) is 6.31. The van der Waals surface area contributed by atoms with Crippen LogP contribution in [0.15, 0.2) is 42.5 Å². The van der Waals surface area contributed by atoms with Crippen LogP contribution in [0.5, 0.6) is 0 Å². The number of unbranched alkanes of at least 4 members (excludes halogenated alkanes) is 1. The summed E-state index contributed by atoms with van der Waals surface area (Å²) in [6, 6.07) is 10.3. The van der Waals surface area contributed by atoms with Crippen LogP contribution >= 0.6 is 0 Å². The minimum absolute atomic E-state index is 0.0163. The highest BCUT2D eigenvalue weighted by Gasteiger charge is 2.55. The molecule has 0 radical (unpaired) electrons. The maximum atomic E-state index is 13.0. The first-order valence-corrected chi connectivity index (χ1v) is 11.3. The van der Waals surface area contributed by atoms with E-state index in [0.717, 1.165) is 32.1 Å². The molecule has 0 bridgehead atoms. The van der Waals surface area contributed by atoms with Crippen LogP contribution in [-0.4, -0.2) is 47.5 Å². The molecule has 1 fully saturated rings. The number of carbonyl (C=O) groups excluding carboxylic acids is 1. The van der Waals surface area contributed by atoms with Crippen molar-refractivity contribution in [2.75, 3.05) is 19.8 Å². The van der Waals surface area contributed by atoms with Crippen LogP contribution < -0.4 is 0 Å². The Morgan fingerprint density at radius 1 is 1.20 bits per heavy atom. The van der Waals surface area contributed by atoms with Crippen molar-refractivity contribution in [2.24, 2.45) is 11.3 Å². The van der Waals surface area contributed by atoms with Crippen LogP contribution in [0.25, 0.3) is 0 Å². The van der Waals surface area contributed by atoms with Crippen molar-refractivity contribution in [3.63, 3.8) is 0 Å². The Balaban J connectivity index is 1.65. The number of nitrogens with zero attached hydrogens (tertiary/aromatic N) is 1. The van der Waals surface area contributed by atoms with E-state index in [0.29, 0.717) is 25.7 Å². The van der Waals surface area contributed by atoms with Gasteiger partial charge in [0.1, 0.15) is 5.60 Å². The van der Waals surface area contributed by atoms with Gasteiger partial charge in [-0.05, 0) is 64.4 Å². The van der Waals surface area contributed by atoms with Crippen molar-refractivity contribution in [1.82, 2.24) is 4.90 Å². The Bertz CT molecular complexity index is 712. The lowest BCUT2D eigenvalue weighted by Gasteiger charge is -2.43. The second-order valence-corrected chi connectivity index (χ2v) is 9.61. The summed E-state index contributed by atoms with van der Waals surface area (Å²) in [5.41, 5.74) is 0.689. The summed E-state index contributed by atoms with van der Waals surface area (Å²) in [7, 11) is 0. The van der Waals surface area contributed by atoms with Crippen molar-refractivity contribution in [3.8, 4) is 0 Å². The van der Waals surface area contributed by atoms with E-state index in [1.807, 2.05) is 43.9 Å². The minimum Gasteiger partial charge on any atom is -0.444 e. The quantitative estimate of drug-likeness (QED) is 0.458. The van der Waals surface area contributed by atoms with E-state index in [2.05, 4.69) is 24.3 Å². The van der Waals surface area contributed by atoms with Gasteiger partial charge >= 0.3 is 6.09 Å². The second-order valence-electron chi connectivity index (χ2n) is 9.61. The molecule has 1 aromatic carbocycles. The van der Waals surface area contributed by atoms with Gasteiger partial charge in [0.15, 0.2) is 0 Å². The van der Waals surface area contributed by atoms with Crippen LogP contribution in [0, 0.1) is 11.3 Å². The number of hydrogen-bond donors (Lipinski definition) is 1. The number of benzene rings is 1. The van der Waals surface area contributed by atoms with E-state index >= 15 is 0 Å². The number of ether oxygens (including phenoxy) is 2. The monoisotopic (exact) mass is 415 g/mol. The summed E-state index contributed by atoms with van der Waals surface area (Å²) in [6.07, 6.45) is 8.80. The van der Waals surface area contributed by atoms with Crippen LogP contribution in [0.3, 0.4) is 0 Å². The van der Waals surface area contributed by atoms with Crippen molar-refractivity contribution >= 4 is 6.09 Å². The molecule has 0 saturated carbocycles. The number of amides is 1. The lowest BCUT2D eigenvalue weighted by atomic mass is 9.63. The molecule has 1 amide bonds. The zero-order valence-electron chi connectivity index (χ0n) is 18.7. The van der Waals surface area contributed by atoms with Gasteiger partial charge in [-0.3, -0.25) is 0 Å². The number of rotatable bonds is 9. The zero-order valence-corrected chi connectivity index (χ0v) is 18.7. The van der Waals surface area contributed by atoms with Gasteiger partial charge in [-0.2, -0.15) is 0 Å². The van der Waals surface area contributed by atoms with Gasteiger partial charge in [-0.25, -0.2) is 4.79 Å². The van der Waals surface area contributed by atoms with Gasteiger partial charge in [-0.1, -0.05) is 42.5 Å². The van der Waals surface area contributed by atoms with Crippen molar-refractivity contribution in [1.29, 1.82) is 0 Å². The van der Waals surface area contributed by atoms with Crippen molar-refractivity contribution in [3.05, 3.63) is 48.0 Å². The summed E-state index contributed by atoms with van der Waals surface area (Å²) in [6.45, 7) is 7.93. The average molecular weight is 416 g/mol. The zero-order chi connectivity index (χ0) is 21.6. The molecule has 3 rings (SSSR count). The molecule has 1 heterocycles. The smallest absolute Gasteiger partial charge is 0.410 e. The van der Waals surface area contributed by atoms with Crippen LogP contribution in [0.2, 0.25) is 0 Å². The normalized spacial score (nSPS) is 25.5. The van der Waals surface area contributed by atoms with Gasteiger partial charge in [-0.15, -0.1) is 0 Å². The molecule has 5 nitrogen and oxygen atoms in total. The number of aliphatic hydroxyl groups is 1. The molecule has 1 N–H and O–H groups in total. The Kier molecular flexibility index (Phi) is 7.59. The maximum absolute atomic E-state index is 13.0. The summed E-state index contributed by atoms with van der Waals surface area (Å²) >= 11 is 0. The molecule has 1 saturated heterocycles. The fourth-order valence-electron chi connectivity index (χ4n) is 4.78. The Morgan fingerprint density at radius 3 is 2.53 bits per heavy atom. The minimum atomic E-state index is -0.508. The molecule has 1 aromatic rings. The number of hydrogen-bond acceptors (Lipinski definition) is 4. The molecule has 0 aromatic heterocycles.